The molecule has 0 fully saturated rings. The number of hydrogen-bond acceptors (Lipinski definition) is 1. The van der Waals surface area contributed by atoms with Gasteiger partial charge in [-0.25, -0.2) is 0 Å². The maximum Gasteiger partial charge on any atom is 0.357 e. The Bertz CT molecular complexity index is 982. The molecule has 0 aliphatic heterocycles. The zero-order valence-corrected chi connectivity index (χ0v) is 13.5. The monoisotopic (exact) mass is 324 g/mol. The van der Waals surface area contributed by atoms with E-state index in [0.717, 1.165) is 16.2 Å². The lowest BCUT2D eigenvalue weighted by Gasteiger charge is -2.16. The second kappa shape index (κ2) is 5.78. The van der Waals surface area contributed by atoms with Crippen molar-refractivity contribution in [1.82, 2.24) is 0 Å². The van der Waals surface area contributed by atoms with Gasteiger partial charge in [0.25, 0.3) is 0 Å². The van der Waals surface area contributed by atoms with Gasteiger partial charge in [0.15, 0.2) is 0 Å². The maximum atomic E-state index is 12.1. The first kappa shape index (κ1) is 15.7. The largest absolute Gasteiger partial charge is 0.357 e. The third-order valence-corrected chi connectivity index (χ3v) is 4.98. The molecule has 23 heavy (non-hydrogen) atoms. The highest BCUT2D eigenvalue weighted by molar-refractivity contribution is 7.61. The summed E-state index contributed by atoms with van der Waals surface area (Å²) in [4.78, 5) is 19.8. The first-order valence-corrected chi connectivity index (χ1v) is 8.83. The molecule has 0 saturated heterocycles. The highest BCUT2D eigenvalue weighted by Gasteiger charge is 2.25. The van der Waals surface area contributed by atoms with Gasteiger partial charge in [-0.2, -0.15) is 0 Å². The number of allylic oxidation sites excluding steroid dienone is 2. The van der Waals surface area contributed by atoms with E-state index in [2.05, 4.69) is 13.2 Å². The molecule has 0 radical (unpaired) electrons. The fourth-order valence-corrected chi connectivity index (χ4v) is 3.94. The van der Waals surface area contributed by atoms with Gasteiger partial charge in [0.05, 0.1) is 5.30 Å². The van der Waals surface area contributed by atoms with E-state index in [1.807, 2.05) is 42.5 Å². The molecule has 0 aliphatic rings. The van der Waals surface area contributed by atoms with E-state index in [1.165, 1.54) is 0 Å². The Hall–Kier alpha value is -2.19. The fraction of sp³-hybridized carbons (Fsp3) is 0.0526. The first-order valence-electron chi connectivity index (χ1n) is 7.22. The summed E-state index contributed by atoms with van der Waals surface area (Å²) in [6, 6.07) is 15.2. The Kier molecular flexibility index (Phi) is 3.95. The van der Waals surface area contributed by atoms with Gasteiger partial charge in [-0.3, -0.25) is 4.57 Å². The van der Waals surface area contributed by atoms with Gasteiger partial charge in [-0.15, -0.1) is 6.58 Å². The quantitative estimate of drug-likeness (QED) is 0.425. The van der Waals surface area contributed by atoms with Crippen molar-refractivity contribution in [3.63, 3.8) is 0 Å². The molecule has 0 atom stereocenters. The van der Waals surface area contributed by atoms with E-state index >= 15 is 0 Å². The van der Waals surface area contributed by atoms with Gasteiger partial charge < -0.3 is 9.79 Å². The van der Waals surface area contributed by atoms with E-state index in [9.17, 15) is 14.4 Å². The Morgan fingerprint density at radius 3 is 2.30 bits per heavy atom. The molecule has 4 heteroatoms. The molecule has 0 spiro atoms. The lowest BCUT2D eigenvalue weighted by Crippen LogP contribution is -2.12. The molecule has 0 aromatic heterocycles. The van der Waals surface area contributed by atoms with Crippen molar-refractivity contribution in [3.05, 3.63) is 73.3 Å². The zero-order valence-electron chi connectivity index (χ0n) is 12.6. The van der Waals surface area contributed by atoms with E-state index in [1.54, 1.807) is 12.1 Å². The van der Waals surface area contributed by atoms with Crippen LogP contribution in [0.5, 0.6) is 0 Å². The Morgan fingerprint density at radius 1 is 1.04 bits per heavy atom. The summed E-state index contributed by atoms with van der Waals surface area (Å²) < 4.78 is 12.1. The average molecular weight is 324 g/mol. The molecule has 0 saturated carbocycles. The summed E-state index contributed by atoms with van der Waals surface area (Å²) in [6.45, 7) is 7.61. The normalized spacial score (nSPS) is 11.7. The molecule has 116 valence electrons. The number of rotatable bonds is 4. The third-order valence-electron chi connectivity index (χ3n) is 3.92. The second-order valence-electron chi connectivity index (χ2n) is 5.52. The molecule has 0 aliphatic carbocycles. The van der Waals surface area contributed by atoms with Crippen LogP contribution in [0.3, 0.4) is 0 Å². The topological polar surface area (TPSA) is 57.5 Å². The van der Waals surface area contributed by atoms with Crippen LogP contribution in [-0.4, -0.2) is 9.79 Å². The SMILES string of the molecule is C=CCC(=C)c1ccc2cc3ccccc3cc2c1P(=O)(O)O. The van der Waals surface area contributed by atoms with Crippen molar-refractivity contribution in [2.75, 3.05) is 0 Å². The molecular formula is C19H17O3P. The van der Waals surface area contributed by atoms with Gasteiger partial charge >= 0.3 is 7.60 Å². The van der Waals surface area contributed by atoms with E-state index in [4.69, 9.17) is 0 Å². The highest BCUT2D eigenvalue weighted by Crippen LogP contribution is 2.41. The molecule has 3 rings (SSSR count). The van der Waals surface area contributed by atoms with Crippen LogP contribution in [-0.2, 0) is 4.57 Å². The second-order valence-corrected chi connectivity index (χ2v) is 7.06. The molecule has 0 amide bonds. The van der Waals surface area contributed by atoms with Crippen molar-refractivity contribution in [2.24, 2.45) is 0 Å². The minimum absolute atomic E-state index is 0.0487. The van der Waals surface area contributed by atoms with E-state index in [-0.39, 0.29) is 5.30 Å². The van der Waals surface area contributed by atoms with Crippen LogP contribution in [0.1, 0.15) is 12.0 Å². The summed E-state index contributed by atoms with van der Waals surface area (Å²) in [7, 11) is -4.45. The van der Waals surface area contributed by atoms with Crippen molar-refractivity contribution >= 4 is 40.0 Å². The zero-order chi connectivity index (χ0) is 16.6. The van der Waals surface area contributed by atoms with Crippen molar-refractivity contribution < 1.29 is 14.4 Å². The van der Waals surface area contributed by atoms with Crippen LogP contribution in [0.2, 0.25) is 0 Å². The average Bonchev–Trinajstić information content (AvgIpc) is 2.51. The molecular weight excluding hydrogens is 307 g/mol. The third kappa shape index (κ3) is 2.87. The van der Waals surface area contributed by atoms with Crippen LogP contribution in [0, 0.1) is 0 Å². The first-order chi connectivity index (χ1) is 10.9. The number of fused-ring (bicyclic) bond motifs is 2. The van der Waals surface area contributed by atoms with Crippen molar-refractivity contribution in [1.29, 1.82) is 0 Å². The minimum Gasteiger partial charge on any atom is -0.321 e. The predicted octanol–water partition coefficient (Wildman–Crippen LogP) is 4.39. The lowest BCUT2D eigenvalue weighted by atomic mass is 9.97. The van der Waals surface area contributed by atoms with Crippen LogP contribution < -0.4 is 5.30 Å². The van der Waals surface area contributed by atoms with Gasteiger partial charge in [-0.05, 0) is 51.2 Å². The molecule has 3 aromatic rings. The lowest BCUT2D eigenvalue weighted by molar-refractivity contribution is 0.387. The van der Waals surface area contributed by atoms with Crippen LogP contribution in [0.25, 0.3) is 27.1 Å². The Balaban J connectivity index is 2.42. The number of benzene rings is 3. The van der Waals surface area contributed by atoms with Crippen LogP contribution in [0.4, 0.5) is 0 Å². The smallest absolute Gasteiger partial charge is 0.321 e. The summed E-state index contributed by atoms with van der Waals surface area (Å²) in [5.41, 5.74) is 1.15. The molecule has 0 heterocycles. The van der Waals surface area contributed by atoms with Gasteiger partial charge in [-0.1, -0.05) is 49.1 Å². The highest BCUT2D eigenvalue weighted by atomic mass is 31.2. The summed E-state index contributed by atoms with van der Waals surface area (Å²) in [6.07, 6.45) is 2.16. The van der Waals surface area contributed by atoms with Crippen LogP contribution in [0.15, 0.2) is 67.8 Å². The predicted molar refractivity (Wildman–Crippen MR) is 97.0 cm³/mol. The molecule has 0 unspecified atom stereocenters. The Morgan fingerprint density at radius 2 is 1.70 bits per heavy atom. The van der Waals surface area contributed by atoms with Gasteiger partial charge in [0.2, 0.25) is 0 Å². The van der Waals surface area contributed by atoms with Crippen LogP contribution >= 0.6 is 7.60 Å². The standard InChI is InChI=1S/C19H17O3P/c1-3-6-13(2)17-10-9-16-11-14-7-4-5-8-15(14)12-18(16)19(17)23(20,21)22/h3-5,7-12H,1-2,6H2,(H2,20,21,22). The molecule has 0 bridgehead atoms. The summed E-state index contributed by atoms with van der Waals surface area (Å²) in [5, 5.41) is 3.40. The van der Waals surface area contributed by atoms with Crippen molar-refractivity contribution in [2.45, 2.75) is 6.42 Å². The van der Waals surface area contributed by atoms with E-state index in [0.29, 0.717) is 22.9 Å². The fourth-order valence-electron chi connectivity index (χ4n) is 2.88. The maximum absolute atomic E-state index is 12.1. The summed E-state index contributed by atoms with van der Waals surface area (Å²) in [5.74, 6) is 0. The molecule has 3 aromatic carbocycles. The number of hydrogen-bond donors (Lipinski definition) is 2. The molecule has 3 nitrogen and oxygen atoms in total. The van der Waals surface area contributed by atoms with Gasteiger partial charge in [0.1, 0.15) is 0 Å². The van der Waals surface area contributed by atoms with E-state index < -0.39 is 7.60 Å². The molecule has 2 N–H and O–H groups in total. The van der Waals surface area contributed by atoms with Gasteiger partial charge in [0, 0.05) is 0 Å². The van der Waals surface area contributed by atoms with Crippen molar-refractivity contribution in [3.8, 4) is 0 Å². The minimum atomic E-state index is -4.45. The summed E-state index contributed by atoms with van der Waals surface area (Å²) >= 11 is 0. The Labute approximate surface area is 134 Å².